The number of halogens is 1. The van der Waals surface area contributed by atoms with E-state index >= 15 is 0 Å². The fourth-order valence-electron chi connectivity index (χ4n) is 2.36. The highest BCUT2D eigenvalue weighted by Gasteiger charge is 2.23. The molecule has 0 aliphatic heterocycles. The Labute approximate surface area is 124 Å². The van der Waals surface area contributed by atoms with E-state index in [0.29, 0.717) is 5.02 Å². The van der Waals surface area contributed by atoms with Gasteiger partial charge in [-0.05, 0) is 25.1 Å². The van der Waals surface area contributed by atoms with E-state index in [2.05, 4.69) is 29.5 Å². The number of hydrogen-bond acceptors (Lipinski definition) is 3. The van der Waals surface area contributed by atoms with Crippen LogP contribution >= 0.6 is 11.6 Å². The number of aromatic nitrogens is 2. The number of ether oxygens (including phenoxy) is 1. The highest BCUT2D eigenvalue weighted by Crippen LogP contribution is 2.33. The molecule has 20 heavy (non-hydrogen) atoms. The van der Waals surface area contributed by atoms with Crippen LogP contribution in [0.15, 0.2) is 24.4 Å². The standard InChI is InChI=1S/C15H20ClN3O/c1-5-17-14(15-12(16)9-18-19(15)3)11-7-6-10(2)8-13(11)20-4/h6-9,14,17H,5H2,1-4H3. The van der Waals surface area contributed by atoms with Crippen molar-refractivity contribution < 1.29 is 4.74 Å². The Balaban J connectivity index is 2.54. The van der Waals surface area contributed by atoms with Gasteiger partial charge in [-0.3, -0.25) is 4.68 Å². The highest BCUT2D eigenvalue weighted by atomic mass is 35.5. The van der Waals surface area contributed by atoms with Crippen LogP contribution < -0.4 is 10.1 Å². The average Bonchev–Trinajstić information content (AvgIpc) is 2.76. The van der Waals surface area contributed by atoms with E-state index in [4.69, 9.17) is 16.3 Å². The van der Waals surface area contributed by atoms with Crippen LogP contribution in [-0.2, 0) is 7.05 Å². The molecule has 0 saturated carbocycles. The molecule has 0 radical (unpaired) electrons. The minimum Gasteiger partial charge on any atom is -0.496 e. The number of nitrogens with zero attached hydrogens (tertiary/aromatic N) is 2. The summed E-state index contributed by atoms with van der Waals surface area (Å²) in [5.41, 5.74) is 3.16. The molecule has 1 heterocycles. The van der Waals surface area contributed by atoms with Gasteiger partial charge in [0.15, 0.2) is 0 Å². The van der Waals surface area contributed by atoms with Crippen LogP contribution in [0.1, 0.15) is 29.8 Å². The maximum Gasteiger partial charge on any atom is 0.124 e. The maximum absolute atomic E-state index is 6.29. The summed E-state index contributed by atoms with van der Waals surface area (Å²) in [7, 11) is 3.58. The van der Waals surface area contributed by atoms with Crippen LogP contribution in [0.4, 0.5) is 0 Å². The largest absolute Gasteiger partial charge is 0.496 e. The highest BCUT2D eigenvalue weighted by molar-refractivity contribution is 6.31. The zero-order chi connectivity index (χ0) is 14.7. The second-order valence-electron chi connectivity index (χ2n) is 4.74. The van der Waals surface area contributed by atoms with Gasteiger partial charge in [0.1, 0.15) is 5.75 Å². The summed E-state index contributed by atoms with van der Waals surface area (Å²) in [5.74, 6) is 0.855. The van der Waals surface area contributed by atoms with Crippen molar-refractivity contribution in [3.8, 4) is 5.75 Å². The molecule has 1 N–H and O–H groups in total. The lowest BCUT2D eigenvalue weighted by Gasteiger charge is -2.22. The smallest absolute Gasteiger partial charge is 0.124 e. The lowest BCUT2D eigenvalue weighted by Crippen LogP contribution is -2.25. The molecule has 0 bridgehead atoms. The van der Waals surface area contributed by atoms with Gasteiger partial charge in [0.2, 0.25) is 0 Å². The van der Waals surface area contributed by atoms with E-state index in [1.165, 1.54) is 0 Å². The zero-order valence-electron chi connectivity index (χ0n) is 12.3. The van der Waals surface area contributed by atoms with Gasteiger partial charge in [0, 0.05) is 12.6 Å². The second kappa shape index (κ2) is 6.29. The molecule has 2 rings (SSSR count). The van der Waals surface area contributed by atoms with Gasteiger partial charge < -0.3 is 10.1 Å². The normalized spacial score (nSPS) is 12.4. The topological polar surface area (TPSA) is 39.1 Å². The Morgan fingerprint density at radius 1 is 1.45 bits per heavy atom. The van der Waals surface area contributed by atoms with E-state index in [-0.39, 0.29) is 6.04 Å². The Morgan fingerprint density at radius 2 is 2.20 bits per heavy atom. The summed E-state index contributed by atoms with van der Waals surface area (Å²) in [6, 6.07) is 6.14. The SMILES string of the molecule is CCNC(c1ccc(C)cc1OC)c1c(Cl)cnn1C. The number of aryl methyl sites for hydroxylation is 2. The van der Waals surface area contributed by atoms with Crippen LogP contribution in [0.25, 0.3) is 0 Å². The molecule has 0 aliphatic carbocycles. The van der Waals surface area contributed by atoms with Gasteiger partial charge in [-0.25, -0.2) is 0 Å². The molecule has 0 aliphatic rings. The van der Waals surface area contributed by atoms with E-state index < -0.39 is 0 Å². The third kappa shape index (κ3) is 2.81. The minimum absolute atomic E-state index is 0.0458. The van der Waals surface area contributed by atoms with Crippen molar-refractivity contribution in [3.05, 3.63) is 46.2 Å². The number of nitrogens with one attached hydrogen (secondary N) is 1. The summed E-state index contributed by atoms with van der Waals surface area (Å²) in [4.78, 5) is 0. The zero-order valence-corrected chi connectivity index (χ0v) is 13.0. The Kier molecular flexibility index (Phi) is 4.68. The summed E-state index contributed by atoms with van der Waals surface area (Å²) in [5, 5.41) is 8.33. The van der Waals surface area contributed by atoms with Crippen molar-refractivity contribution in [1.82, 2.24) is 15.1 Å². The van der Waals surface area contributed by atoms with Gasteiger partial charge in [-0.15, -0.1) is 0 Å². The predicted molar refractivity (Wildman–Crippen MR) is 81.5 cm³/mol. The van der Waals surface area contributed by atoms with Gasteiger partial charge in [0.05, 0.1) is 30.1 Å². The van der Waals surface area contributed by atoms with Crippen molar-refractivity contribution in [2.75, 3.05) is 13.7 Å². The van der Waals surface area contributed by atoms with Crippen molar-refractivity contribution in [2.24, 2.45) is 7.05 Å². The number of methoxy groups -OCH3 is 1. The first kappa shape index (κ1) is 14.9. The minimum atomic E-state index is -0.0458. The fourth-order valence-corrected chi connectivity index (χ4v) is 2.63. The molecule has 1 atom stereocenters. The molecule has 0 spiro atoms. The van der Waals surface area contributed by atoms with Gasteiger partial charge in [-0.2, -0.15) is 5.10 Å². The molecule has 2 aromatic rings. The lowest BCUT2D eigenvalue weighted by molar-refractivity contribution is 0.402. The summed E-state index contributed by atoms with van der Waals surface area (Å²) in [6.07, 6.45) is 1.67. The van der Waals surface area contributed by atoms with Crippen LogP contribution in [0.2, 0.25) is 5.02 Å². The average molecular weight is 294 g/mol. The monoisotopic (exact) mass is 293 g/mol. The van der Waals surface area contributed by atoms with Gasteiger partial charge in [-0.1, -0.05) is 30.7 Å². The molecule has 4 nitrogen and oxygen atoms in total. The predicted octanol–water partition coefficient (Wildman–Crippen LogP) is 3.09. The van der Waals surface area contributed by atoms with E-state index in [0.717, 1.165) is 29.1 Å². The van der Waals surface area contributed by atoms with Crippen molar-refractivity contribution >= 4 is 11.6 Å². The first-order valence-corrected chi connectivity index (χ1v) is 7.01. The fraction of sp³-hybridized carbons (Fsp3) is 0.400. The maximum atomic E-state index is 6.29. The Bertz CT molecular complexity index is 575. The van der Waals surface area contributed by atoms with Crippen molar-refractivity contribution in [1.29, 1.82) is 0 Å². The summed E-state index contributed by atoms with van der Waals surface area (Å²) in [6.45, 7) is 4.94. The number of hydrogen-bond donors (Lipinski definition) is 1. The third-order valence-electron chi connectivity index (χ3n) is 3.32. The number of benzene rings is 1. The lowest BCUT2D eigenvalue weighted by atomic mass is 10.0. The Morgan fingerprint density at radius 3 is 2.75 bits per heavy atom. The first-order chi connectivity index (χ1) is 9.58. The van der Waals surface area contributed by atoms with Gasteiger partial charge in [0.25, 0.3) is 0 Å². The summed E-state index contributed by atoms with van der Waals surface area (Å²) >= 11 is 6.29. The van der Waals surface area contributed by atoms with E-state index in [1.807, 2.05) is 20.0 Å². The van der Waals surface area contributed by atoms with Gasteiger partial charge >= 0.3 is 0 Å². The quantitative estimate of drug-likeness (QED) is 0.921. The molecule has 1 aromatic carbocycles. The number of rotatable bonds is 5. The Hall–Kier alpha value is -1.52. The first-order valence-electron chi connectivity index (χ1n) is 6.63. The molecule has 1 aromatic heterocycles. The summed E-state index contributed by atoms with van der Waals surface area (Å²) < 4.78 is 7.32. The van der Waals surface area contributed by atoms with Crippen LogP contribution in [-0.4, -0.2) is 23.4 Å². The van der Waals surface area contributed by atoms with Crippen molar-refractivity contribution in [2.45, 2.75) is 19.9 Å². The molecular formula is C15H20ClN3O. The molecule has 0 fully saturated rings. The van der Waals surface area contributed by atoms with E-state index in [9.17, 15) is 0 Å². The molecule has 0 saturated heterocycles. The van der Waals surface area contributed by atoms with Crippen molar-refractivity contribution in [3.63, 3.8) is 0 Å². The van der Waals surface area contributed by atoms with E-state index in [1.54, 1.807) is 18.0 Å². The molecule has 108 valence electrons. The molecule has 0 amide bonds. The molecule has 5 heteroatoms. The van der Waals surface area contributed by atoms with Crippen LogP contribution in [0, 0.1) is 6.92 Å². The molecule has 1 unspecified atom stereocenters. The molecular weight excluding hydrogens is 274 g/mol. The van der Waals surface area contributed by atoms with Crippen LogP contribution in [0.3, 0.4) is 0 Å². The second-order valence-corrected chi connectivity index (χ2v) is 5.14. The third-order valence-corrected chi connectivity index (χ3v) is 3.61. The van der Waals surface area contributed by atoms with Crippen LogP contribution in [0.5, 0.6) is 5.75 Å².